The second-order valence-corrected chi connectivity index (χ2v) is 10.4. The summed E-state index contributed by atoms with van der Waals surface area (Å²) in [5, 5.41) is 3.85. The Morgan fingerprint density at radius 2 is 1.07 bits per heavy atom. The van der Waals surface area contributed by atoms with Gasteiger partial charge in [-0.1, -0.05) is 139 Å². The van der Waals surface area contributed by atoms with Gasteiger partial charge in [-0.05, 0) is 83.8 Å². The first kappa shape index (κ1) is 15.5. The highest BCUT2D eigenvalue weighted by atomic mass is 16.3. The molecule has 0 spiro atoms. The van der Waals surface area contributed by atoms with Gasteiger partial charge in [0.25, 0.3) is 0 Å². The molecule has 0 aliphatic heterocycles. The number of rotatable bonds is 3. The molecule has 0 aliphatic carbocycles. The average molecular weight is 558 g/mol. The molecule has 0 N–H and O–H groups in total. The molecule has 8 aromatic carbocycles. The van der Waals surface area contributed by atoms with Crippen molar-refractivity contribution < 1.29 is 19.5 Å². The van der Waals surface area contributed by atoms with Gasteiger partial charge in [0, 0.05) is 10.8 Å². The van der Waals surface area contributed by atoms with Crippen LogP contribution in [0.2, 0.25) is 0 Å². The summed E-state index contributed by atoms with van der Waals surface area (Å²) in [6.07, 6.45) is 0. The maximum Gasteiger partial charge on any atom is 0.136 e. The van der Waals surface area contributed by atoms with Gasteiger partial charge >= 0.3 is 0 Å². The van der Waals surface area contributed by atoms with Gasteiger partial charge in [0.2, 0.25) is 0 Å². The first-order valence-corrected chi connectivity index (χ1v) is 13.9. The van der Waals surface area contributed by atoms with Gasteiger partial charge < -0.3 is 4.42 Å². The van der Waals surface area contributed by atoms with Crippen molar-refractivity contribution in [3.8, 4) is 33.4 Å². The first-order valence-electron chi connectivity index (χ1n) is 19.4. The lowest BCUT2D eigenvalue weighted by atomic mass is 9.84. The van der Waals surface area contributed by atoms with Crippen molar-refractivity contribution in [2.75, 3.05) is 0 Å². The lowest BCUT2D eigenvalue weighted by molar-refractivity contribution is 0.669. The van der Waals surface area contributed by atoms with Crippen molar-refractivity contribution in [2.24, 2.45) is 0 Å². The third kappa shape index (κ3) is 3.65. The van der Waals surface area contributed by atoms with Gasteiger partial charge in [0.15, 0.2) is 0 Å². The molecule has 43 heavy (non-hydrogen) atoms. The van der Waals surface area contributed by atoms with Crippen LogP contribution < -0.4 is 0 Å². The summed E-state index contributed by atoms with van der Waals surface area (Å²) in [7, 11) is 0. The van der Waals surface area contributed by atoms with E-state index in [0.29, 0.717) is 27.1 Å². The van der Waals surface area contributed by atoms with Crippen molar-refractivity contribution in [3.05, 3.63) is 157 Å². The van der Waals surface area contributed by atoms with E-state index in [1.54, 1.807) is 12.1 Å². The van der Waals surface area contributed by atoms with E-state index in [1.807, 2.05) is 60.7 Å². The Morgan fingerprint density at radius 3 is 1.88 bits per heavy atom. The number of hydrogen-bond donors (Lipinski definition) is 0. The molecular weight excluding hydrogens is 520 g/mol. The fraction of sp³-hybridized carbons (Fsp3) is 0. The van der Waals surface area contributed by atoms with Crippen LogP contribution in [0.1, 0.15) is 15.1 Å². The minimum Gasteiger partial charge on any atom is -0.456 e. The molecule has 9 aromatic rings. The monoisotopic (exact) mass is 557 g/mol. The molecule has 0 saturated heterocycles. The number of para-hydroxylation sites is 1. The molecule has 9 rings (SSSR count). The molecule has 200 valence electrons. The third-order valence-electron chi connectivity index (χ3n) is 8.14. The Balaban J connectivity index is 1.49. The van der Waals surface area contributed by atoms with Crippen molar-refractivity contribution in [1.29, 1.82) is 0 Å². The normalized spacial score (nSPS) is 15.3. The summed E-state index contributed by atoms with van der Waals surface area (Å²) >= 11 is 0. The number of fused-ring (bicyclic) bond motifs is 6. The van der Waals surface area contributed by atoms with E-state index in [4.69, 9.17) is 18.1 Å². The topological polar surface area (TPSA) is 13.1 Å². The van der Waals surface area contributed by atoms with Crippen LogP contribution in [-0.4, -0.2) is 0 Å². The molecule has 1 heterocycles. The highest BCUT2D eigenvalue weighted by Gasteiger charge is 2.20. The summed E-state index contributed by atoms with van der Waals surface area (Å²) in [4.78, 5) is 0. The molecule has 1 aromatic heterocycles. The molecule has 0 aliphatic rings. The van der Waals surface area contributed by atoms with Crippen LogP contribution in [0.25, 0.3) is 87.6 Å². The lowest BCUT2D eigenvalue weighted by Gasteiger charge is -2.19. The van der Waals surface area contributed by atoms with E-state index >= 15 is 0 Å². The first-order chi connectivity index (χ1) is 25.9. The predicted molar refractivity (Wildman–Crippen MR) is 183 cm³/mol. The van der Waals surface area contributed by atoms with Crippen LogP contribution in [0.3, 0.4) is 0 Å². The molecule has 1 heteroatoms. The van der Waals surface area contributed by atoms with Crippen LogP contribution in [-0.2, 0) is 0 Å². The van der Waals surface area contributed by atoms with Crippen molar-refractivity contribution >= 4 is 54.3 Å². The zero-order valence-electron chi connectivity index (χ0n) is 33.6. The highest BCUT2D eigenvalue weighted by molar-refractivity contribution is 6.25. The molecule has 0 amide bonds. The van der Waals surface area contributed by atoms with E-state index in [-0.39, 0.29) is 57.2 Å². The van der Waals surface area contributed by atoms with E-state index in [1.165, 1.54) is 12.1 Å². The Bertz CT molecular complexity index is 3060. The fourth-order valence-electron chi connectivity index (χ4n) is 6.33. The second kappa shape index (κ2) is 9.44. The lowest BCUT2D eigenvalue weighted by Crippen LogP contribution is -1.91. The molecular formula is C42H26O. The zero-order valence-corrected chi connectivity index (χ0v) is 22.6. The zero-order chi connectivity index (χ0) is 37.9. The van der Waals surface area contributed by atoms with Crippen LogP contribution in [0.15, 0.2) is 162 Å². The van der Waals surface area contributed by atoms with Crippen LogP contribution in [0.5, 0.6) is 0 Å². The van der Waals surface area contributed by atoms with Gasteiger partial charge in [-0.3, -0.25) is 0 Å². The summed E-state index contributed by atoms with van der Waals surface area (Å²) in [5.41, 5.74) is 3.13. The molecule has 0 unspecified atom stereocenters. The third-order valence-corrected chi connectivity index (χ3v) is 8.14. The smallest absolute Gasteiger partial charge is 0.136 e. The Hall–Kier alpha value is -5.66. The minimum atomic E-state index is -0.537. The Kier molecular flexibility index (Phi) is 3.41. The summed E-state index contributed by atoms with van der Waals surface area (Å²) in [5.74, 6) is 0. The highest BCUT2D eigenvalue weighted by Crippen LogP contribution is 2.47. The van der Waals surface area contributed by atoms with Gasteiger partial charge in [-0.2, -0.15) is 0 Å². The fourth-order valence-corrected chi connectivity index (χ4v) is 6.33. The van der Waals surface area contributed by atoms with Crippen LogP contribution >= 0.6 is 0 Å². The average Bonchev–Trinajstić information content (AvgIpc) is 3.57. The largest absolute Gasteiger partial charge is 0.456 e. The van der Waals surface area contributed by atoms with E-state index < -0.39 is 42.3 Å². The van der Waals surface area contributed by atoms with Crippen LogP contribution in [0, 0.1) is 0 Å². The number of benzene rings is 8. The Labute approximate surface area is 264 Å². The maximum atomic E-state index is 9.33. The molecule has 0 bridgehead atoms. The molecule has 0 saturated carbocycles. The van der Waals surface area contributed by atoms with Crippen LogP contribution in [0.4, 0.5) is 0 Å². The number of hydrogen-bond acceptors (Lipinski definition) is 1. The second-order valence-electron chi connectivity index (χ2n) is 10.4. The minimum absolute atomic E-state index is 0.0232. The van der Waals surface area contributed by atoms with Gasteiger partial charge in [-0.15, -0.1) is 0 Å². The molecule has 0 atom stereocenters. The standard InChI is InChI=1S/C42H26O/c1-2-16-30-27(12-1)13-10-22-31(30)28-14-9-15-29(26-28)40-32-17-3-5-19-34(32)41(35-20-6-4-18-33(35)40)37-23-11-25-39-42(37)36-21-7-8-24-38(36)43-39/h1-26H/i3D,4D,5D,6D,7D,8D,11D,21D,23D,24D,25D. The van der Waals surface area contributed by atoms with E-state index in [2.05, 4.69) is 6.07 Å². The number of furan rings is 1. The van der Waals surface area contributed by atoms with Gasteiger partial charge in [-0.25, -0.2) is 0 Å². The quantitative estimate of drug-likeness (QED) is 0.197. The summed E-state index contributed by atoms with van der Waals surface area (Å²) in [6.45, 7) is 0. The van der Waals surface area contributed by atoms with E-state index in [9.17, 15) is 1.37 Å². The molecule has 0 radical (unpaired) electrons. The summed E-state index contributed by atoms with van der Waals surface area (Å²) in [6, 6.07) is 24.3. The van der Waals surface area contributed by atoms with E-state index in [0.717, 1.165) is 27.5 Å². The summed E-state index contributed by atoms with van der Waals surface area (Å²) < 4.78 is 102. The van der Waals surface area contributed by atoms with Crippen molar-refractivity contribution in [1.82, 2.24) is 0 Å². The van der Waals surface area contributed by atoms with Crippen molar-refractivity contribution in [2.45, 2.75) is 0 Å². The maximum absolute atomic E-state index is 9.33. The molecule has 1 nitrogen and oxygen atoms in total. The predicted octanol–water partition coefficient (Wildman–Crippen LogP) is 12.0. The molecule has 0 fully saturated rings. The van der Waals surface area contributed by atoms with Gasteiger partial charge in [0.1, 0.15) is 11.2 Å². The SMILES string of the molecule is [2H]c1cc2c(-c3cccc(-c4cccc5ccccc45)c3)c3cc([2H])c([2H])cc3c(-c3c([2H])c([2H])c([2H])c4oc5c([2H])c([2H])c([2H])c([2H])c5c34)c2cc1[2H]. The van der Waals surface area contributed by atoms with Crippen molar-refractivity contribution in [3.63, 3.8) is 0 Å². The van der Waals surface area contributed by atoms with Gasteiger partial charge in [0.05, 0.1) is 15.1 Å². The Morgan fingerprint density at radius 1 is 0.419 bits per heavy atom.